The molecule has 36 heavy (non-hydrogen) atoms. The van der Waals surface area contributed by atoms with Crippen LogP contribution in [0.25, 0.3) is 0 Å². The van der Waals surface area contributed by atoms with E-state index in [1.54, 1.807) is 30.9 Å². The first-order chi connectivity index (χ1) is 17.4. The first-order valence-corrected chi connectivity index (χ1v) is 13.0. The molecule has 0 saturated carbocycles. The second kappa shape index (κ2) is 11.3. The maximum atomic E-state index is 13.0. The molecule has 12 nitrogen and oxygen atoms in total. The number of rotatable bonds is 10. The van der Waals surface area contributed by atoms with Gasteiger partial charge in [-0.15, -0.1) is 0 Å². The summed E-state index contributed by atoms with van der Waals surface area (Å²) in [6.45, 7) is 3.61. The van der Waals surface area contributed by atoms with Gasteiger partial charge in [-0.3, -0.25) is 24.0 Å². The topological polar surface area (TPSA) is 145 Å². The Labute approximate surface area is 208 Å². The van der Waals surface area contributed by atoms with Gasteiger partial charge in [0.05, 0.1) is 25.6 Å². The summed E-state index contributed by atoms with van der Waals surface area (Å²) in [4.78, 5) is 45.4. The fraction of sp³-hybridized carbons (Fsp3) is 0.478. The molecule has 2 aliphatic heterocycles. The van der Waals surface area contributed by atoms with Crippen LogP contribution >= 0.6 is 8.38 Å². The van der Waals surface area contributed by atoms with Crippen molar-refractivity contribution in [3.63, 3.8) is 0 Å². The molecule has 1 unspecified atom stereocenters. The van der Waals surface area contributed by atoms with Crippen molar-refractivity contribution in [1.29, 1.82) is 5.26 Å². The average molecular weight is 518 g/mol. The number of nitriles is 1. The molecule has 1 aromatic carbocycles. The Balaban J connectivity index is 1.58. The minimum atomic E-state index is -1.42. The summed E-state index contributed by atoms with van der Waals surface area (Å²) in [5.74, 6) is 0.111. The molecule has 1 N–H and O–H groups in total. The fourth-order valence-corrected chi connectivity index (χ4v) is 5.21. The molecule has 2 saturated heterocycles. The number of benzene rings is 1. The van der Waals surface area contributed by atoms with Crippen molar-refractivity contribution in [3.05, 3.63) is 63.4 Å². The first kappa shape index (κ1) is 26.0. The molecule has 192 valence electrons. The number of hydroxylamine groups is 2. The molecule has 2 aromatic rings. The number of hydrogen-bond donors (Lipinski definition) is 1. The normalized spacial score (nSPS) is 25.8. The van der Waals surface area contributed by atoms with Crippen LogP contribution < -0.4 is 16.0 Å². The van der Waals surface area contributed by atoms with Gasteiger partial charge in [-0.25, -0.2) is 9.86 Å². The van der Waals surface area contributed by atoms with Gasteiger partial charge in [0.1, 0.15) is 17.5 Å². The van der Waals surface area contributed by atoms with Crippen molar-refractivity contribution in [2.75, 3.05) is 26.4 Å². The number of hydrogen-bond acceptors (Lipinski definition) is 9. The highest BCUT2D eigenvalue weighted by Gasteiger charge is 2.62. The molecule has 0 aliphatic carbocycles. The number of nitrogens with zero attached hydrogens (tertiary/aromatic N) is 3. The molecular weight excluding hydrogens is 491 g/mol. The molecular formula is C23H27N4O8P. The highest BCUT2D eigenvalue weighted by molar-refractivity contribution is 7.46. The Kier molecular flexibility index (Phi) is 8.18. The van der Waals surface area contributed by atoms with E-state index in [0.717, 1.165) is 0 Å². The zero-order chi connectivity index (χ0) is 25.7. The lowest BCUT2D eigenvalue weighted by Crippen LogP contribution is -2.60. The van der Waals surface area contributed by atoms with Crippen molar-refractivity contribution < 1.29 is 28.2 Å². The van der Waals surface area contributed by atoms with Gasteiger partial charge in [0.2, 0.25) is 0 Å². The number of aromatic nitrogens is 2. The van der Waals surface area contributed by atoms with E-state index in [4.69, 9.17) is 28.6 Å². The monoisotopic (exact) mass is 518 g/mol. The number of amides is 1. The lowest BCUT2D eigenvalue weighted by Gasteiger charge is -2.42. The largest absolute Gasteiger partial charge is 0.484 e. The van der Waals surface area contributed by atoms with Crippen LogP contribution in [-0.4, -0.2) is 64.8 Å². The zero-order valence-corrected chi connectivity index (χ0v) is 20.8. The standard InChI is InChI=1S/C23H27N4O8P/c1-3-23-15-27(18(29)14-31-16-8-5-4-6-9-16)34-19(20(23)35-36(2)32-13-7-11-24)21(33-23)26-12-10-17(28)25-22(26)30/h4-6,8-10,12,19-21H,3,7,13-15H2,1-2H3,(H,25,28,30)/t19-,20+,21-,23+,36?/m1/s1. The number of aromatic amines is 1. The molecule has 0 radical (unpaired) electrons. The minimum absolute atomic E-state index is 0.0254. The third-order valence-corrected chi connectivity index (χ3v) is 7.04. The van der Waals surface area contributed by atoms with Crippen LogP contribution in [0.5, 0.6) is 5.75 Å². The van der Waals surface area contributed by atoms with Crippen molar-refractivity contribution in [2.24, 2.45) is 0 Å². The van der Waals surface area contributed by atoms with Gasteiger partial charge in [0, 0.05) is 18.9 Å². The van der Waals surface area contributed by atoms with Gasteiger partial charge in [-0.05, 0) is 18.6 Å². The van der Waals surface area contributed by atoms with Crippen molar-refractivity contribution >= 4 is 14.3 Å². The second-order valence-electron chi connectivity index (χ2n) is 8.25. The molecule has 0 spiro atoms. The number of fused-ring (bicyclic) bond motifs is 2. The van der Waals surface area contributed by atoms with Gasteiger partial charge in [0.25, 0.3) is 11.5 Å². The third kappa shape index (κ3) is 5.51. The Hall–Kier alpha value is -3.07. The quantitative estimate of drug-likeness (QED) is 0.367. The summed E-state index contributed by atoms with van der Waals surface area (Å²) in [6.07, 6.45) is -0.615. The Morgan fingerprint density at radius 2 is 2.08 bits per heavy atom. The van der Waals surface area contributed by atoms with E-state index in [0.29, 0.717) is 12.2 Å². The molecule has 4 rings (SSSR count). The third-order valence-electron chi connectivity index (χ3n) is 5.97. The number of para-hydroxylation sites is 1. The number of nitrogens with one attached hydrogen (secondary N) is 1. The van der Waals surface area contributed by atoms with Crippen LogP contribution in [0.2, 0.25) is 0 Å². The van der Waals surface area contributed by atoms with Gasteiger partial charge in [-0.1, -0.05) is 25.1 Å². The molecule has 2 fully saturated rings. The fourth-order valence-electron chi connectivity index (χ4n) is 4.17. The van der Waals surface area contributed by atoms with Crippen LogP contribution in [0.15, 0.2) is 52.2 Å². The highest BCUT2D eigenvalue weighted by atomic mass is 31.2. The minimum Gasteiger partial charge on any atom is -0.484 e. The average Bonchev–Trinajstić information content (AvgIpc) is 3.04. The molecule has 13 heteroatoms. The van der Waals surface area contributed by atoms with Gasteiger partial charge in [-0.2, -0.15) is 5.26 Å². The molecule has 5 atom stereocenters. The lowest BCUT2D eigenvalue weighted by molar-refractivity contribution is -0.252. The second-order valence-corrected chi connectivity index (χ2v) is 9.60. The Morgan fingerprint density at radius 1 is 1.31 bits per heavy atom. The van der Waals surface area contributed by atoms with Gasteiger partial charge < -0.3 is 18.5 Å². The summed E-state index contributed by atoms with van der Waals surface area (Å²) in [5.41, 5.74) is -2.25. The van der Waals surface area contributed by atoms with Crippen LogP contribution in [-0.2, 0) is 23.4 Å². The van der Waals surface area contributed by atoms with Crippen LogP contribution in [0.3, 0.4) is 0 Å². The summed E-state index contributed by atoms with van der Waals surface area (Å²) in [5, 5.41) is 9.95. The predicted octanol–water partition coefficient (Wildman–Crippen LogP) is 1.69. The van der Waals surface area contributed by atoms with Crippen LogP contribution in [0.1, 0.15) is 26.0 Å². The summed E-state index contributed by atoms with van der Waals surface area (Å²) >= 11 is 0. The van der Waals surface area contributed by atoms with Crippen molar-refractivity contribution in [3.8, 4) is 11.8 Å². The summed E-state index contributed by atoms with van der Waals surface area (Å²) in [6, 6.07) is 12.1. The van der Waals surface area contributed by atoms with Crippen LogP contribution in [0, 0.1) is 11.3 Å². The van der Waals surface area contributed by atoms with E-state index in [1.807, 2.05) is 19.1 Å². The number of carbonyl (C=O) groups is 1. The van der Waals surface area contributed by atoms with Crippen LogP contribution in [0.4, 0.5) is 0 Å². The summed E-state index contributed by atoms with van der Waals surface area (Å²) in [7, 11) is -1.42. The highest BCUT2D eigenvalue weighted by Crippen LogP contribution is 2.51. The predicted molar refractivity (Wildman–Crippen MR) is 127 cm³/mol. The number of carbonyl (C=O) groups excluding carboxylic acids is 1. The van der Waals surface area contributed by atoms with E-state index < -0.39 is 49.6 Å². The van der Waals surface area contributed by atoms with E-state index in [1.165, 1.54) is 21.9 Å². The lowest BCUT2D eigenvalue weighted by atomic mass is 9.91. The van der Waals surface area contributed by atoms with E-state index in [2.05, 4.69) is 4.98 Å². The zero-order valence-electron chi connectivity index (χ0n) is 19.9. The molecule has 1 amide bonds. The Morgan fingerprint density at radius 3 is 2.78 bits per heavy atom. The van der Waals surface area contributed by atoms with E-state index in [-0.39, 0.29) is 26.2 Å². The molecule has 3 heterocycles. The maximum Gasteiger partial charge on any atom is 0.330 e. The molecule has 1 aromatic heterocycles. The number of ether oxygens (including phenoxy) is 2. The van der Waals surface area contributed by atoms with Gasteiger partial charge >= 0.3 is 5.69 Å². The Bertz CT molecular complexity index is 1210. The maximum absolute atomic E-state index is 13.0. The molecule has 2 aliphatic rings. The first-order valence-electron chi connectivity index (χ1n) is 11.4. The van der Waals surface area contributed by atoms with Crippen molar-refractivity contribution in [1.82, 2.24) is 14.6 Å². The van der Waals surface area contributed by atoms with Crippen molar-refractivity contribution in [2.45, 2.75) is 43.8 Å². The van der Waals surface area contributed by atoms with E-state index in [9.17, 15) is 14.4 Å². The van der Waals surface area contributed by atoms with E-state index >= 15 is 0 Å². The SMILES string of the molecule is CC[C@@]12CN(C(=O)COc3ccccc3)O[C@@H]([C@H](n3ccc(=O)[nH]c3=O)O1)[C@@H]2OP(C)OCCC#N. The molecule has 2 bridgehead atoms. The number of H-pyrrole nitrogens is 1. The smallest absolute Gasteiger partial charge is 0.330 e. The van der Waals surface area contributed by atoms with Gasteiger partial charge in [0.15, 0.2) is 27.3 Å². The summed E-state index contributed by atoms with van der Waals surface area (Å²) < 4.78 is 25.0.